The minimum atomic E-state index is 0.369. The van der Waals surface area contributed by atoms with Gasteiger partial charge in [-0.05, 0) is 19.1 Å². The first-order valence-corrected chi connectivity index (χ1v) is 4.23. The van der Waals surface area contributed by atoms with Crippen LogP contribution >= 0.6 is 0 Å². The molecule has 2 rings (SSSR count). The molecule has 1 aromatic heterocycles. The highest BCUT2D eigenvalue weighted by Gasteiger charge is 2.09. The van der Waals surface area contributed by atoms with E-state index in [4.69, 9.17) is 14.4 Å². The zero-order chi connectivity index (χ0) is 10.1. The predicted molar refractivity (Wildman–Crippen MR) is 52.2 cm³/mol. The Kier molecular flexibility index (Phi) is 1.90. The third kappa shape index (κ3) is 1.12. The van der Waals surface area contributed by atoms with E-state index in [1.807, 2.05) is 25.1 Å². The number of hydrogen-bond acceptors (Lipinski definition) is 3. The second kappa shape index (κ2) is 3.08. The van der Waals surface area contributed by atoms with Crippen LogP contribution in [0.3, 0.4) is 0 Å². The lowest BCUT2D eigenvalue weighted by atomic mass is 10.1. The van der Waals surface area contributed by atoms with Crippen LogP contribution in [-0.4, -0.2) is 7.11 Å². The molecule has 0 amide bonds. The van der Waals surface area contributed by atoms with Gasteiger partial charge in [0.1, 0.15) is 17.4 Å². The van der Waals surface area contributed by atoms with E-state index in [-0.39, 0.29) is 0 Å². The van der Waals surface area contributed by atoms with E-state index in [0.29, 0.717) is 11.3 Å². The number of nitriles is 1. The standard InChI is InChI=1S/C11H9NO2/c1-7-9-4-3-8(13-2)5-10(9)14-11(7)6-12/h3-5H,1-2H3. The molecule has 0 fully saturated rings. The van der Waals surface area contributed by atoms with Crippen LogP contribution in [0.5, 0.6) is 5.75 Å². The van der Waals surface area contributed by atoms with Gasteiger partial charge in [-0.25, -0.2) is 0 Å². The van der Waals surface area contributed by atoms with Gasteiger partial charge in [0.25, 0.3) is 0 Å². The molecule has 0 N–H and O–H groups in total. The van der Waals surface area contributed by atoms with Crippen molar-refractivity contribution < 1.29 is 9.15 Å². The third-order valence-electron chi connectivity index (χ3n) is 2.25. The summed E-state index contributed by atoms with van der Waals surface area (Å²) in [7, 11) is 1.60. The SMILES string of the molecule is COc1ccc2c(C)c(C#N)oc2c1. The first-order chi connectivity index (χ1) is 6.76. The van der Waals surface area contributed by atoms with Gasteiger partial charge in [0.2, 0.25) is 5.76 Å². The van der Waals surface area contributed by atoms with Crippen molar-refractivity contribution in [1.29, 1.82) is 5.26 Å². The summed E-state index contributed by atoms with van der Waals surface area (Å²) in [6.07, 6.45) is 0. The van der Waals surface area contributed by atoms with E-state index < -0.39 is 0 Å². The highest BCUT2D eigenvalue weighted by Crippen LogP contribution is 2.27. The fourth-order valence-corrected chi connectivity index (χ4v) is 1.44. The summed E-state index contributed by atoms with van der Waals surface area (Å²) in [5, 5.41) is 9.73. The number of benzene rings is 1. The van der Waals surface area contributed by atoms with E-state index in [1.54, 1.807) is 13.2 Å². The molecule has 1 heterocycles. The van der Waals surface area contributed by atoms with Gasteiger partial charge in [-0.15, -0.1) is 0 Å². The molecule has 3 nitrogen and oxygen atoms in total. The maximum absolute atomic E-state index is 8.77. The highest BCUT2D eigenvalue weighted by molar-refractivity contribution is 5.84. The van der Waals surface area contributed by atoms with Crippen molar-refractivity contribution in [2.75, 3.05) is 7.11 Å². The molecule has 0 spiro atoms. The number of hydrogen-bond donors (Lipinski definition) is 0. The van der Waals surface area contributed by atoms with Gasteiger partial charge in [0.15, 0.2) is 0 Å². The minimum Gasteiger partial charge on any atom is -0.497 e. The van der Waals surface area contributed by atoms with Crippen molar-refractivity contribution in [1.82, 2.24) is 0 Å². The fourth-order valence-electron chi connectivity index (χ4n) is 1.44. The van der Waals surface area contributed by atoms with Crippen molar-refractivity contribution in [3.63, 3.8) is 0 Å². The number of rotatable bonds is 1. The molecule has 70 valence electrons. The quantitative estimate of drug-likeness (QED) is 0.689. The Bertz CT molecular complexity index is 520. The van der Waals surface area contributed by atoms with Crippen molar-refractivity contribution in [2.24, 2.45) is 0 Å². The Hall–Kier alpha value is -1.95. The first kappa shape index (κ1) is 8.64. The van der Waals surface area contributed by atoms with Crippen LogP contribution < -0.4 is 4.74 Å². The van der Waals surface area contributed by atoms with Crippen LogP contribution in [0.4, 0.5) is 0 Å². The van der Waals surface area contributed by atoms with E-state index in [2.05, 4.69) is 0 Å². The summed E-state index contributed by atoms with van der Waals surface area (Å²) >= 11 is 0. The van der Waals surface area contributed by atoms with Gasteiger partial charge < -0.3 is 9.15 Å². The second-order valence-electron chi connectivity index (χ2n) is 3.03. The molecule has 0 atom stereocenters. The summed E-state index contributed by atoms with van der Waals surface area (Å²) < 4.78 is 10.4. The van der Waals surface area contributed by atoms with Crippen molar-refractivity contribution >= 4 is 11.0 Å². The lowest BCUT2D eigenvalue weighted by Crippen LogP contribution is -1.80. The summed E-state index contributed by atoms with van der Waals surface area (Å²) in [6.45, 7) is 1.87. The average molecular weight is 187 g/mol. The maximum Gasteiger partial charge on any atom is 0.207 e. The van der Waals surface area contributed by atoms with Crippen molar-refractivity contribution in [3.8, 4) is 11.8 Å². The number of fused-ring (bicyclic) bond motifs is 1. The Labute approximate surface area is 81.5 Å². The average Bonchev–Trinajstić information content (AvgIpc) is 2.55. The molecule has 0 radical (unpaired) electrons. The summed E-state index contributed by atoms with van der Waals surface area (Å²) in [6, 6.07) is 7.55. The molecule has 0 aliphatic heterocycles. The number of aryl methyl sites for hydroxylation is 1. The van der Waals surface area contributed by atoms with Gasteiger partial charge in [0.05, 0.1) is 7.11 Å². The molecule has 0 saturated heterocycles. The topological polar surface area (TPSA) is 46.2 Å². The number of methoxy groups -OCH3 is 1. The molecule has 0 aliphatic carbocycles. The van der Waals surface area contributed by atoms with Gasteiger partial charge in [-0.1, -0.05) is 0 Å². The van der Waals surface area contributed by atoms with Crippen LogP contribution in [0.2, 0.25) is 0 Å². The Morgan fingerprint density at radius 3 is 2.86 bits per heavy atom. The number of nitrogens with zero attached hydrogens (tertiary/aromatic N) is 1. The van der Waals surface area contributed by atoms with Gasteiger partial charge in [-0.3, -0.25) is 0 Å². The van der Waals surface area contributed by atoms with E-state index in [1.165, 1.54) is 0 Å². The lowest BCUT2D eigenvalue weighted by molar-refractivity contribution is 0.414. The second-order valence-corrected chi connectivity index (χ2v) is 3.03. The Balaban J connectivity index is 2.74. The third-order valence-corrected chi connectivity index (χ3v) is 2.25. The monoisotopic (exact) mass is 187 g/mol. The molecule has 0 unspecified atom stereocenters. The molecule has 1 aromatic carbocycles. The summed E-state index contributed by atoms with van der Waals surface area (Å²) in [4.78, 5) is 0. The van der Waals surface area contributed by atoms with Crippen LogP contribution in [0.15, 0.2) is 22.6 Å². The zero-order valence-corrected chi connectivity index (χ0v) is 8.00. The van der Waals surface area contributed by atoms with Crippen LogP contribution in [0.1, 0.15) is 11.3 Å². The van der Waals surface area contributed by atoms with Gasteiger partial charge in [0, 0.05) is 17.0 Å². The molecule has 3 heteroatoms. The Morgan fingerprint density at radius 1 is 1.43 bits per heavy atom. The summed E-state index contributed by atoms with van der Waals surface area (Å²) in [5.41, 5.74) is 1.57. The Morgan fingerprint density at radius 2 is 2.21 bits per heavy atom. The predicted octanol–water partition coefficient (Wildman–Crippen LogP) is 2.62. The molecule has 0 bridgehead atoms. The van der Waals surface area contributed by atoms with Crippen LogP contribution in [0.25, 0.3) is 11.0 Å². The van der Waals surface area contributed by atoms with Crippen molar-refractivity contribution in [3.05, 3.63) is 29.5 Å². The fraction of sp³-hybridized carbons (Fsp3) is 0.182. The number of ether oxygens (including phenoxy) is 1. The zero-order valence-electron chi connectivity index (χ0n) is 8.00. The molecule has 0 saturated carbocycles. The molecule has 14 heavy (non-hydrogen) atoms. The van der Waals surface area contributed by atoms with Crippen molar-refractivity contribution in [2.45, 2.75) is 6.92 Å². The highest BCUT2D eigenvalue weighted by atomic mass is 16.5. The number of furan rings is 1. The molecule has 2 aromatic rings. The van der Waals surface area contributed by atoms with E-state index in [9.17, 15) is 0 Å². The van der Waals surface area contributed by atoms with Gasteiger partial charge >= 0.3 is 0 Å². The normalized spacial score (nSPS) is 10.1. The van der Waals surface area contributed by atoms with Crippen LogP contribution in [0, 0.1) is 18.3 Å². The first-order valence-electron chi connectivity index (χ1n) is 4.23. The van der Waals surface area contributed by atoms with E-state index >= 15 is 0 Å². The van der Waals surface area contributed by atoms with Gasteiger partial charge in [-0.2, -0.15) is 5.26 Å². The maximum atomic E-state index is 8.77. The lowest BCUT2D eigenvalue weighted by Gasteiger charge is -1.97. The minimum absolute atomic E-state index is 0.369. The smallest absolute Gasteiger partial charge is 0.207 e. The molecular formula is C11H9NO2. The van der Waals surface area contributed by atoms with Crippen LogP contribution in [-0.2, 0) is 0 Å². The molecule has 0 aliphatic rings. The van der Waals surface area contributed by atoms with E-state index in [0.717, 1.165) is 16.7 Å². The summed E-state index contributed by atoms with van der Waals surface area (Å²) in [5.74, 6) is 1.10. The largest absolute Gasteiger partial charge is 0.497 e. The molecular weight excluding hydrogens is 178 g/mol.